The van der Waals surface area contributed by atoms with E-state index in [0.717, 1.165) is 24.3 Å². The lowest BCUT2D eigenvalue weighted by molar-refractivity contribution is -0.188. The lowest BCUT2D eigenvalue weighted by atomic mass is 10.1. The van der Waals surface area contributed by atoms with Crippen LogP contribution in [0.25, 0.3) is 0 Å². The molecule has 3 aromatic rings. The maximum Gasteiger partial charge on any atom is 0.429 e. The first-order valence-electron chi connectivity index (χ1n) is 9.89. The normalized spacial score (nSPS) is 11.7. The van der Waals surface area contributed by atoms with E-state index in [4.69, 9.17) is 5.26 Å². The number of benzene rings is 3. The van der Waals surface area contributed by atoms with Crippen molar-refractivity contribution in [1.29, 1.82) is 5.26 Å². The molecule has 0 spiro atoms. The molecule has 0 saturated heterocycles. The van der Waals surface area contributed by atoms with Crippen molar-refractivity contribution < 1.29 is 40.2 Å². The molecule has 34 heavy (non-hydrogen) atoms. The zero-order chi connectivity index (χ0) is 25.1. The average molecular weight is 483 g/mol. The zero-order valence-corrected chi connectivity index (χ0v) is 17.5. The quantitative estimate of drug-likeness (QED) is 0.319. The molecule has 0 radical (unpaired) electrons. The van der Waals surface area contributed by atoms with Gasteiger partial charge in [0, 0.05) is 12.1 Å². The van der Waals surface area contributed by atoms with Crippen LogP contribution in [0.3, 0.4) is 0 Å². The number of alkyl halides is 4. The predicted octanol–water partition coefficient (Wildman–Crippen LogP) is 7.18. The van der Waals surface area contributed by atoms with Crippen LogP contribution < -0.4 is 9.47 Å². The molecule has 0 fully saturated rings. The molecule has 10 heteroatoms. The Bertz CT molecular complexity index is 1200. The Labute approximate surface area is 190 Å². The number of halogens is 7. The van der Waals surface area contributed by atoms with Crippen molar-refractivity contribution in [2.24, 2.45) is 0 Å². The molecule has 3 rings (SSSR count). The highest BCUT2D eigenvalue weighted by molar-refractivity contribution is 5.39. The molecule has 0 N–H and O–H groups in total. The molecule has 0 aromatic heterocycles. The Balaban J connectivity index is 1.77. The number of rotatable bonds is 8. The highest BCUT2D eigenvalue weighted by Crippen LogP contribution is 2.36. The highest BCUT2D eigenvalue weighted by Gasteiger charge is 2.39. The van der Waals surface area contributed by atoms with Crippen molar-refractivity contribution in [1.82, 2.24) is 0 Å². The average Bonchev–Trinajstić information content (AvgIpc) is 2.73. The van der Waals surface area contributed by atoms with Gasteiger partial charge in [-0.1, -0.05) is 19.4 Å². The second-order valence-electron chi connectivity index (χ2n) is 7.20. The van der Waals surface area contributed by atoms with Gasteiger partial charge >= 0.3 is 12.2 Å². The maximum absolute atomic E-state index is 14.5. The van der Waals surface area contributed by atoms with Gasteiger partial charge in [0.2, 0.25) is 0 Å². The van der Waals surface area contributed by atoms with Crippen molar-refractivity contribution >= 4 is 0 Å². The summed E-state index contributed by atoms with van der Waals surface area (Å²) in [4.78, 5) is 0. The van der Waals surface area contributed by atoms with Crippen LogP contribution in [-0.4, -0.2) is 0 Å². The van der Waals surface area contributed by atoms with Crippen LogP contribution in [0, 0.1) is 28.8 Å². The molecule has 0 unspecified atom stereocenters. The Morgan fingerprint density at radius 3 is 1.88 bits per heavy atom. The summed E-state index contributed by atoms with van der Waals surface area (Å²) in [6.45, 7) is 1.85. The standard InChI is InChI=1S/C24H16F7NO2/c1-2-3-14-4-9-19(22(27)10-14)24(30,31)33-16-7-5-15(6-8-16)23(28,29)34-17-11-20(25)18(13-32)21(26)12-17/h4-12H,2-3H2,1H3. The van der Waals surface area contributed by atoms with Gasteiger partial charge in [-0.15, -0.1) is 0 Å². The van der Waals surface area contributed by atoms with Gasteiger partial charge in [-0.25, -0.2) is 13.2 Å². The molecule has 0 aliphatic rings. The van der Waals surface area contributed by atoms with Gasteiger partial charge in [0.05, 0.1) is 11.1 Å². The van der Waals surface area contributed by atoms with Gasteiger partial charge < -0.3 is 9.47 Å². The fourth-order valence-electron chi connectivity index (χ4n) is 3.08. The number of aryl methyl sites for hydroxylation is 1. The van der Waals surface area contributed by atoms with Crippen LogP contribution in [0.15, 0.2) is 54.6 Å². The van der Waals surface area contributed by atoms with E-state index in [-0.39, 0.29) is 0 Å². The summed E-state index contributed by atoms with van der Waals surface area (Å²) < 4.78 is 108. The number of nitrogens with zero attached hydrogens (tertiary/aromatic N) is 1. The number of ether oxygens (including phenoxy) is 2. The lowest BCUT2D eigenvalue weighted by Crippen LogP contribution is -2.24. The molecule has 178 valence electrons. The third-order valence-corrected chi connectivity index (χ3v) is 4.70. The first-order chi connectivity index (χ1) is 16.0. The van der Waals surface area contributed by atoms with E-state index in [1.165, 1.54) is 12.1 Å². The molecule has 0 aliphatic carbocycles. The van der Waals surface area contributed by atoms with Crippen LogP contribution in [-0.2, 0) is 18.6 Å². The van der Waals surface area contributed by atoms with Gasteiger partial charge in [0.1, 0.15) is 40.6 Å². The van der Waals surface area contributed by atoms with E-state index in [1.54, 1.807) is 0 Å². The summed E-state index contributed by atoms with van der Waals surface area (Å²) in [5.74, 6) is -5.40. The summed E-state index contributed by atoms with van der Waals surface area (Å²) in [7, 11) is 0. The van der Waals surface area contributed by atoms with E-state index in [2.05, 4.69) is 9.47 Å². The van der Waals surface area contributed by atoms with Crippen molar-refractivity contribution in [2.45, 2.75) is 32.0 Å². The Kier molecular flexibility index (Phi) is 7.05. The number of hydrogen-bond acceptors (Lipinski definition) is 3. The molecule has 0 bridgehead atoms. The van der Waals surface area contributed by atoms with E-state index < -0.39 is 57.9 Å². The molecule has 0 atom stereocenters. The second-order valence-corrected chi connectivity index (χ2v) is 7.20. The van der Waals surface area contributed by atoms with Crippen LogP contribution >= 0.6 is 0 Å². The Hall–Kier alpha value is -3.74. The highest BCUT2D eigenvalue weighted by atomic mass is 19.3. The fourth-order valence-corrected chi connectivity index (χ4v) is 3.08. The smallest absolute Gasteiger partial charge is 0.429 e. The van der Waals surface area contributed by atoms with Gasteiger partial charge in [-0.2, -0.15) is 22.8 Å². The van der Waals surface area contributed by atoms with Crippen molar-refractivity contribution in [3.05, 3.63) is 94.3 Å². The number of hydrogen-bond donors (Lipinski definition) is 0. The lowest BCUT2D eigenvalue weighted by Gasteiger charge is -2.21. The maximum atomic E-state index is 14.5. The molecular weight excluding hydrogens is 467 g/mol. The van der Waals surface area contributed by atoms with Gasteiger partial charge in [0.25, 0.3) is 0 Å². The Morgan fingerprint density at radius 1 is 0.765 bits per heavy atom. The summed E-state index contributed by atoms with van der Waals surface area (Å²) in [6, 6.07) is 8.24. The molecule has 0 amide bonds. The minimum atomic E-state index is -4.12. The van der Waals surface area contributed by atoms with E-state index in [0.29, 0.717) is 42.7 Å². The molecule has 3 aromatic carbocycles. The van der Waals surface area contributed by atoms with E-state index in [1.807, 2.05) is 6.92 Å². The molecule has 0 heterocycles. The summed E-state index contributed by atoms with van der Waals surface area (Å²) in [6.07, 6.45) is -7.01. The zero-order valence-electron chi connectivity index (χ0n) is 17.5. The molecule has 0 aliphatic heterocycles. The topological polar surface area (TPSA) is 42.2 Å². The van der Waals surface area contributed by atoms with Gasteiger partial charge in [0.15, 0.2) is 0 Å². The monoisotopic (exact) mass is 483 g/mol. The van der Waals surface area contributed by atoms with E-state index >= 15 is 0 Å². The second kappa shape index (κ2) is 9.63. The predicted molar refractivity (Wildman–Crippen MR) is 107 cm³/mol. The van der Waals surface area contributed by atoms with Crippen LogP contribution in [0.5, 0.6) is 11.5 Å². The van der Waals surface area contributed by atoms with E-state index in [9.17, 15) is 30.7 Å². The van der Waals surface area contributed by atoms with Crippen molar-refractivity contribution in [3.63, 3.8) is 0 Å². The van der Waals surface area contributed by atoms with Crippen LogP contribution in [0.2, 0.25) is 0 Å². The minimum Gasteiger partial charge on any atom is -0.429 e. The summed E-state index contributed by atoms with van der Waals surface area (Å²) in [5, 5.41) is 8.62. The van der Waals surface area contributed by atoms with Crippen LogP contribution in [0.4, 0.5) is 30.7 Å². The third kappa shape index (κ3) is 5.42. The third-order valence-electron chi connectivity index (χ3n) is 4.70. The van der Waals surface area contributed by atoms with Gasteiger partial charge in [-0.3, -0.25) is 0 Å². The SMILES string of the molecule is CCCc1ccc(C(F)(F)Oc2ccc(C(F)(F)Oc3cc(F)c(C#N)c(F)c3)cc2)c(F)c1. The first-order valence-corrected chi connectivity index (χ1v) is 9.89. The van der Waals surface area contributed by atoms with Crippen molar-refractivity contribution in [3.8, 4) is 17.6 Å². The number of nitriles is 1. The largest absolute Gasteiger partial charge is 0.429 e. The summed E-state index contributed by atoms with van der Waals surface area (Å²) in [5.41, 5.74) is -2.29. The Morgan fingerprint density at radius 2 is 1.35 bits per heavy atom. The van der Waals surface area contributed by atoms with Gasteiger partial charge in [-0.05, 0) is 48.4 Å². The minimum absolute atomic E-state index is 0.411. The van der Waals surface area contributed by atoms with Crippen LogP contribution in [0.1, 0.15) is 35.6 Å². The first kappa shape index (κ1) is 24.9. The molecule has 0 saturated carbocycles. The van der Waals surface area contributed by atoms with Crippen molar-refractivity contribution in [2.75, 3.05) is 0 Å². The summed E-state index contributed by atoms with van der Waals surface area (Å²) >= 11 is 0. The molecule has 3 nitrogen and oxygen atoms in total. The fraction of sp³-hybridized carbons (Fsp3) is 0.208. The molecular formula is C24H16F7NO2.